The van der Waals surface area contributed by atoms with E-state index in [-0.39, 0.29) is 81.0 Å². The van der Waals surface area contributed by atoms with Crippen molar-refractivity contribution < 1.29 is 37.5 Å². The van der Waals surface area contributed by atoms with E-state index in [9.17, 15) is 28.7 Å². The Balaban J connectivity index is 1.55. The lowest BCUT2D eigenvalue weighted by Gasteiger charge is -2.43. The third-order valence-electron chi connectivity index (χ3n) is 9.59. The smallest absolute Gasteiger partial charge is 0.251 e. The van der Waals surface area contributed by atoms with E-state index in [1.807, 2.05) is 30.3 Å². The maximum Gasteiger partial charge on any atom is 0.251 e. The molecule has 2 saturated heterocycles. The first-order valence-electron chi connectivity index (χ1n) is 17.2. The van der Waals surface area contributed by atoms with Gasteiger partial charge in [0, 0.05) is 75.2 Å². The van der Waals surface area contributed by atoms with Crippen LogP contribution >= 0.6 is 11.8 Å². The van der Waals surface area contributed by atoms with Gasteiger partial charge in [-0.05, 0) is 36.9 Å². The minimum atomic E-state index is -1.50. The van der Waals surface area contributed by atoms with Gasteiger partial charge in [0.2, 0.25) is 17.7 Å². The molecule has 3 aromatic rings. The second-order valence-corrected chi connectivity index (χ2v) is 15.1. The zero-order chi connectivity index (χ0) is 37.7. The van der Waals surface area contributed by atoms with E-state index in [0.29, 0.717) is 0 Å². The van der Waals surface area contributed by atoms with E-state index in [0.717, 1.165) is 28.7 Å². The average molecular weight is 743 g/mol. The fourth-order valence-corrected chi connectivity index (χ4v) is 7.57. The lowest BCUT2D eigenvalue weighted by atomic mass is 9.78. The second-order valence-electron chi connectivity index (χ2n) is 14.1. The van der Waals surface area contributed by atoms with Crippen molar-refractivity contribution in [3.8, 4) is 11.3 Å². The molecule has 5 rings (SSSR count). The molecule has 52 heavy (non-hydrogen) atoms. The van der Waals surface area contributed by atoms with Crippen LogP contribution in [0.5, 0.6) is 0 Å². The Morgan fingerprint density at radius 1 is 1.15 bits per heavy atom. The fraction of sp³-hybridized carbons (Fsp3) is 0.486. The highest BCUT2D eigenvalue weighted by Crippen LogP contribution is 2.43. The summed E-state index contributed by atoms with van der Waals surface area (Å²) in [6, 6.07) is 11.2. The van der Waals surface area contributed by atoms with Gasteiger partial charge in [-0.15, -0.1) is 0 Å². The number of aromatic nitrogens is 2. The number of imidazole rings is 1. The molecule has 2 aromatic carbocycles. The van der Waals surface area contributed by atoms with Gasteiger partial charge in [-0.3, -0.25) is 24.1 Å². The molecule has 11 nitrogen and oxygen atoms in total. The van der Waals surface area contributed by atoms with Gasteiger partial charge in [-0.2, -0.15) is 11.8 Å². The Labute approximate surface area is 305 Å². The lowest BCUT2D eigenvalue weighted by Crippen LogP contribution is -2.50. The summed E-state index contributed by atoms with van der Waals surface area (Å²) in [4.78, 5) is 59.9. The second kappa shape index (κ2) is 16.6. The Bertz CT molecular complexity index is 1770. The van der Waals surface area contributed by atoms with E-state index in [1.165, 1.54) is 23.6 Å². The van der Waals surface area contributed by atoms with Gasteiger partial charge in [0.05, 0.1) is 17.0 Å². The summed E-state index contributed by atoms with van der Waals surface area (Å²) in [6.45, 7) is 5.18. The van der Waals surface area contributed by atoms with Crippen LogP contribution in [-0.2, 0) is 25.7 Å². The molecule has 0 aliphatic carbocycles. The molecule has 1 unspecified atom stereocenters. The number of benzene rings is 2. The highest BCUT2D eigenvalue weighted by atomic mass is 32.2. The third kappa shape index (κ3) is 8.87. The van der Waals surface area contributed by atoms with E-state index >= 15 is 8.78 Å². The highest BCUT2D eigenvalue weighted by Gasteiger charge is 2.45. The first-order chi connectivity index (χ1) is 24.7. The number of hydrogen-bond acceptors (Lipinski definition) is 8. The predicted octanol–water partition coefficient (Wildman–Crippen LogP) is 3.71. The molecule has 3 heterocycles. The number of rotatable bonds is 15. The monoisotopic (exact) mass is 742 g/mol. The van der Waals surface area contributed by atoms with Crippen LogP contribution in [0, 0.1) is 23.0 Å². The summed E-state index contributed by atoms with van der Waals surface area (Å²) in [5.74, 6) is -3.62. The molecule has 2 aliphatic heterocycles. The maximum absolute atomic E-state index is 15.2. The Morgan fingerprint density at radius 3 is 2.52 bits per heavy atom. The summed E-state index contributed by atoms with van der Waals surface area (Å²) in [5.41, 5.74) is -0.386. The molecule has 280 valence electrons. The van der Waals surface area contributed by atoms with Gasteiger partial charge in [-0.25, -0.2) is 18.2 Å². The van der Waals surface area contributed by atoms with Crippen molar-refractivity contribution in [2.45, 2.75) is 63.7 Å². The van der Waals surface area contributed by atoms with Gasteiger partial charge >= 0.3 is 0 Å². The van der Waals surface area contributed by atoms with Crippen LogP contribution in [0.3, 0.4) is 0 Å². The number of hydrogen-bond donors (Lipinski definition) is 3. The molecule has 4 amide bonds. The fourth-order valence-electron chi connectivity index (χ4n) is 6.94. The Kier molecular flexibility index (Phi) is 12.5. The minimum Gasteiger partial charge on any atom is -0.384 e. The van der Waals surface area contributed by atoms with Crippen LogP contribution in [0.4, 0.5) is 13.2 Å². The van der Waals surface area contributed by atoms with Crippen LogP contribution in [0.25, 0.3) is 11.3 Å². The Morgan fingerprint density at radius 2 is 1.88 bits per heavy atom. The topological polar surface area (TPSA) is 137 Å². The normalized spacial score (nSPS) is 20.3. The largest absolute Gasteiger partial charge is 0.384 e. The quantitative estimate of drug-likeness (QED) is 0.201. The molecule has 2 aliphatic rings. The zero-order valence-electron chi connectivity index (χ0n) is 29.7. The minimum absolute atomic E-state index is 0.00259. The van der Waals surface area contributed by atoms with Crippen molar-refractivity contribution in [1.82, 2.24) is 30.0 Å². The van der Waals surface area contributed by atoms with Gasteiger partial charge in [0.25, 0.3) is 5.91 Å². The van der Waals surface area contributed by atoms with E-state index in [1.54, 1.807) is 30.9 Å². The SMILES string of the molecule is CSC1CC(=O)N(CCNC(=O)CC(C)(C)[C@H](c2nc(-c3cc(F)ccc3F)cn2Cc2ccccc2)N(C[C@@H]2CNC[C@@H]2F)C(=O)[C@H](C)O)C1=O. The molecule has 0 bridgehead atoms. The molecular formula is C37H45F3N6O5S. The average Bonchev–Trinajstić information content (AvgIpc) is 3.78. The number of halogens is 3. The standard InChI is InChI=1S/C37H45F3N6O5S/c1-22(47)35(50)46(20-24-17-41-18-28(24)40)33(37(2,3)16-31(48)42-12-13-45-32(49)15-30(52-4)36(45)51)34-43-29(26-14-25(38)10-11-27(26)39)21-44(34)19-23-8-6-5-7-9-23/h5-11,14,21-22,24,28,30,33,41,47H,12-13,15-20H2,1-4H3,(H,42,48)/t22-,24-,28-,30?,33-/m0/s1. The number of likely N-dealkylation sites (tertiary alicyclic amines) is 1. The van der Waals surface area contributed by atoms with Crippen LogP contribution in [-0.4, -0.2) is 105 Å². The van der Waals surface area contributed by atoms with Crippen molar-refractivity contribution in [1.29, 1.82) is 0 Å². The van der Waals surface area contributed by atoms with Crippen molar-refractivity contribution in [3.05, 3.63) is 77.8 Å². The molecule has 3 N–H and O–H groups in total. The molecule has 0 radical (unpaired) electrons. The molecule has 1 aromatic heterocycles. The molecule has 0 saturated carbocycles. The van der Waals surface area contributed by atoms with Crippen LogP contribution in [0.1, 0.15) is 51.0 Å². The molecule has 0 spiro atoms. The lowest BCUT2D eigenvalue weighted by molar-refractivity contribution is -0.147. The maximum atomic E-state index is 15.2. The molecular weight excluding hydrogens is 698 g/mol. The van der Waals surface area contributed by atoms with Crippen molar-refractivity contribution in [2.75, 3.05) is 39.0 Å². The number of imide groups is 1. The van der Waals surface area contributed by atoms with Crippen molar-refractivity contribution in [2.24, 2.45) is 11.3 Å². The summed E-state index contributed by atoms with van der Waals surface area (Å²) in [6.07, 6.45) is 0.404. The number of carbonyl (C=O) groups is 4. The van der Waals surface area contributed by atoms with E-state index in [2.05, 4.69) is 10.6 Å². The third-order valence-corrected chi connectivity index (χ3v) is 10.5. The number of alkyl halides is 1. The first kappa shape index (κ1) is 39.0. The number of amides is 4. The van der Waals surface area contributed by atoms with Gasteiger partial charge in [-0.1, -0.05) is 44.2 Å². The van der Waals surface area contributed by atoms with E-state index < -0.39 is 58.3 Å². The van der Waals surface area contributed by atoms with Gasteiger partial charge in [0.1, 0.15) is 29.7 Å². The van der Waals surface area contributed by atoms with Gasteiger partial charge < -0.3 is 25.2 Å². The van der Waals surface area contributed by atoms with Crippen molar-refractivity contribution in [3.63, 3.8) is 0 Å². The number of aliphatic hydroxyl groups is 1. The number of thioether (sulfide) groups is 1. The number of aliphatic hydroxyl groups excluding tert-OH is 1. The molecule has 15 heteroatoms. The predicted molar refractivity (Wildman–Crippen MR) is 191 cm³/mol. The number of nitrogens with zero attached hydrogens (tertiary/aromatic N) is 4. The number of nitrogens with one attached hydrogen (secondary N) is 2. The van der Waals surface area contributed by atoms with Crippen LogP contribution in [0.2, 0.25) is 0 Å². The summed E-state index contributed by atoms with van der Waals surface area (Å²) in [5, 5.41) is 16.0. The summed E-state index contributed by atoms with van der Waals surface area (Å²) >= 11 is 1.29. The van der Waals surface area contributed by atoms with E-state index in [4.69, 9.17) is 4.98 Å². The first-order valence-corrected chi connectivity index (χ1v) is 18.5. The molecule has 5 atom stereocenters. The zero-order valence-corrected chi connectivity index (χ0v) is 30.5. The van der Waals surface area contributed by atoms with Crippen molar-refractivity contribution >= 4 is 35.4 Å². The van der Waals surface area contributed by atoms with Gasteiger partial charge in [0.15, 0.2) is 0 Å². The number of carbonyl (C=O) groups excluding carboxylic acids is 4. The Hall–Kier alpha value is -4.21. The summed E-state index contributed by atoms with van der Waals surface area (Å²) < 4.78 is 46.5. The van der Waals surface area contributed by atoms with Crippen LogP contribution < -0.4 is 10.6 Å². The summed E-state index contributed by atoms with van der Waals surface area (Å²) in [7, 11) is 0. The molecule has 2 fully saturated rings. The van der Waals surface area contributed by atoms with Crippen LogP contribution in [0.15, 0.2) is 54.7 Å². The highest BCUT2D eigenvalue weighted by molar-refractivity contribution is 8.00.